The summed E-state index contributed by atoms with van der Waals surface area (Å²) in [5.74, 6) is -1.82. The van der Waals surface area contributed by atoms with Crippen molar-refractivity contribution in [3.63, 3.8) is 0 Å². The quantitative estimate of drug-likeness (QED) is 0.512. The molecule has 1 aromatic heterocycles. The Morgan fingerprint density at radius 2 is 1.85 bits per heavy atom. The van der Waals surface area contributed by atoms with Gasteiger partial charge in [0.1, 0.15) is 5.56 Å². The Morgan fingerprint density at radius 1 is 1.18 bits per heavy atom. The van der Waals surface area contributed by atoms with Gasteiger partial charge in [-0.15, -0.1) is 0 Å². The highest BCUT2D eigenvalue weighted by Crippen LogP contribution is 2.41. The second kappa shape index (κ2) is 8.76. The Bertz CT molecular complexity index is 1290. The van der Waals surface area contributed by atoms with Crippen molar-refractivity contribution in [3.8, 4) is 0 Å². The molecule has 1 aliphatic heterocycles. The molecule has 178 valence electrons. The minimum absolute atomic E-state index is 0.0673. The summed E-state index contributed by atoms with van der Waals surface area (Å²) in [6.07, 6.45) is 3.23. The molecule has 0 spiro atoms. The number of halogens is 1. The minimum atomic E-state index is -1.30. The zero-order valence-corrected chi connectivity index (χ0v) is 19.3. The summed E-state index contributed by atoms with van der Waals surface area (Å²) in [6.45, 7) is 5.70. The van der Waals surface area contributed by atoms with E-state index in [0.29, 0.717) is 30.8 Å². The number of hydrogen-bond acceptors (Lipinski definition) is 5. The zero-order valence-electron chi connectivity index (χ0n) is 19.3. The number of benzene rings is 2. The molecule has 2 aliphatic rings. The van der Waals surface area contributed by atoms with Crippen molar-refractivity contribution in [1.82, 2.24) is 9.88 Å². The van der Waals surface area contributed by atoms with Gasteiger partial charge in [-0.05, 0) is 38.3 Å². The number of nitrogens with one attached hydrogen (secondary N) is 2. The number of aromatic carboxylic acids is 1. The number of pyridine rings is 1. The molecule has 0 bridgehead atoms. The maximum atomic E-state index is 16.2. The molecule has 0 amide bonds. The van der Waals surface area contributed by atoms with E-state index in [1.165, 1.54) is 6.20 Å². The summed E-state index contributed by atoms with van der Waals surface area (Å²) < 4.78 is 18.0. The van der Waals surface area contributed by atoms with E-state index in [2.05, 4.69) is 24.5 Å². The molecular weight excluding hydrogens is 435 g/mol. The van der Waals surface area contributed by atoms with Gasteiger partial charge in [-0.3, -0.25) is 4.79 Å². The molecule has 8 heteroatoms. The second-order valence-electron chi connectivity index (χ2n) is 9.51. The summed E-state index contributed by atoms with van der Waals surface area (Å²) in [7, 11) is 0. The average Bonchev–Trinajstić information content (AvgIpc) is 3.63. The Morgan fingerprint density at radius 3 is 2.47 bits per heavy atom. The van der Waals surface area contributed by atoms with Gasteiger partial charge in [0.15, 0.2) is 5.82 Å². The van der Waals surface area contributed by atoms with Gasteiger partial charge in [-0.2, -0.15) is 0 Å². The molecule has 2 aromatic carbocycles. The van der Waals surface area contributed by atoms with Crippen molar-refractivity contribution in [2.75, 3.05) is 23.3 Å². The van der Waals surface area contributed by atoms with Crippen molar-refractivity contribution in [3.05, 3.63) is 69.8 Å². The van der Waals surface area contributed by atoms with Crippen LogP contribution in [0.15, 0.2) is 47.4 Å². The highest BCUT2D eigenvalue weighted by Gasteiger charge is 2.31. The Labute approximate surface area is 197 Å². The normalized spacial score (nSPS) is 20.5. The minimum Gasteiger partial charge on any atom is -0.477 e. The first-order chi connectivity index (χ1) is 16.3. The van der Waals surface area contributed by atoms with Crippen LogP contribution in [-0.4, -0.2) is 40.8 Å². The average molecular weight is 465 g/mol. The lowest BCUT2D eigenvalue weighted by molar-refractivity contribution is 0.0695. The number of hydrogen-bond donors (Lipinski definition) is 3. The number of carboxylic acids is 1. The lowest BCUT2D eigenvalue weighted by Gasteiger charge is -2.38. The molecule has 1 saturated heterocycles. The number of carbonyl (C=O) groups is 1. The largest absolute Gasteiger partial charge is 0.477 e. The SMILES string of the molecule is C[C@@H]1CN(c2cc3c(c(NCc4ccccc4)c2F)c(=O)c(C(=O)O)cn3C2CC2)C[C@H](C)N1. The molecule has 2 atom stereocenters. The predicted molar refractivity (Wildman–Crippen MR) is 131 cm³/mol. The third-order valence-electron chi connectivity index (χ3n) is 6.62. The first-order valence-corrected chi connectivity index (χ1v) is 11.8. The van der Waals surface area contributed by atoms with Crippen molar-refractivity contribution < 1.29 is 14.3 Å². The molecule has 5 rings (SSSR count). The molecule has 2 heterocycles. The summed E-state index contributed by atoms with van der Waals surface area (Å²) in [5, 5.41) is 16.4. The van der Waals surface area contributed by atoms with Gasteiger partial charge >= 0.3 is 5.97 Å². The van der Waals surface area contributed by atoms with Crippen LogP contribution in [0.1, 0.15) is 48.7 Å². The van der Waals surface area contributed by atoms with Crippen molar-refractivity contribution in [1.29, 1.82) is 0 Å². The first kappa shape index (κ1) is 22.4. The van der Waals surface area contributed by atoms with E-state index in [9.17, 15) is 14.7 Å². The summed E-state index contributed by atoms with van der Waals surface area (Å²) in [4.78, 5) is 27.2. The fourth-order valence-electron chi connectivity index (χ4n) is 4.98. The van der Waals surface area contributed by atoms with Crippen LogP contribution in [0.25, 0.3) is 10.9 Å². The van der Waals surface area contributed by atoms with E-state index >= 15 is 4.39 Å². The highest BCUT2D eigenvalue weighted by molar-refractivity contribution is 6.00. The number of piperazine rings is 1. The number of fused-ring (bicyclic) bond motifs is 1. The lowest BCUT2D eigenvalue weighted by Crippen LogP contribution is -2.54. The van der Waals surface area contributed by atoms with E-state index in [0.717, 1.165) is 18.4 Å². The predicted octanol–water partition coefficient (Wildman–Crippen LogP) is 3.97. The van der Waals surface area contributed by atoms with E-state index in [4.69, 9.17) is 0 Å². The molecule has 1 saturated carbocycles. The van der Waals surface area contributed by atoms with Gasteiger partial charge in [0, 0.05) is 44.0 Å². The topological polar surface area (TPSA) is 86.6 Å². The molecule has 0 unspecified atom stereocenters. The monoisotopic (exact) mass is 464 g/mol. The van der Waals surface area contributed by atoms with Crippen LogP contribution in [0.4, 0.5) is 15.8 Å². The fraction of sp³-hybridized carbons (Fsp3) is 0.385. The maximum absolute atomic E-state index is 16.2. The van der Waals surface area contributed by atoms with Crippen molar-refractivity contribution in [2.24, 2.45) is 0 Å². The van der Waals surface area contributed by atoms with Gasteiger partial charge in [0.05, 0.1) is 22.3 Å². The summed E-state index contributed by atoms with van der Waals surface area (Å²) >= 11 is 0. The zero-order chi connectivity index (χ0) is 24.0. The molecule has 34 heavy (non-hydrogen) atoms. The molecule has 1 aliphatic carbocycles. The Kier molecular flexibility index (Phi) is 5.77. The molecule has 3 aromatic rings. The smallest absolute Gasteiger partial charge is 0.341 e. The van der Waals surface area contributed by atoms with Gasteiger partial charge in [0.2, 0.25) is 5.43 Å². The van der Waals surface area contributed by atoms with Crippen molar-refractivity contribution in [2.45, 2.75) is 51.4 Å². The van der Waals surface area contributed by atoms with E-state index < -0.39 is 17.2 Å². The van der Waals surface area contributed by atoms with Crippen LogP contribution in [-0.2, 0) is 6.54 Å². The number of anilines is 2. The third-order valence-corrected chi connectivity index (χ3v) is 6.62. The lowest BCUT2D eigenvalue weighted by atomic mass is 10.0. The molecule has 3 N–H and O–H groups in total. The fourth-order valence-corrected chi connectivity index (χ4v) is 4.98. The van der Waals surface area contributed by atoms with Crippen LogP contribution < -0.4 is 21.0 Å². The van der Waals surface area contributed by atoms with Crippen LogP contribution in [0, 0.1) is 5.82 Å². The van der Waals surface area contributed by atoms with Crippen LogP contribution >= 0.6 is 0 Å². The Hall–Kier alpha value is -3.39. The summed E-state index contributed by atoms with van der Waals surface area (Å²) in [6, 6.07) is 11.7. The number of aromatic nitrogens is 1. The van der Waals surface area contributed by atoms with Gasteiger partial charge in [-0.1, -0.05) is 30.3 Å². The van der Waals surface area contributed by atoms with Crippen molar-refractivity contribution >= 4 is 28.2 Å². The summed E-state index contributed by atoms with van der Waals surface area (Å²) in [5.41, 5.74) is 1.00. The molecular formula is C26H29FN4O3. The van der Waals surface area contributed by atoms with Crippen LogP contribution in [0.5, 0.6) is 0 Å². The molecule has 2 fully saturated rings. The number of carboxylic acid groups (broad SMARTS) is 1. The number of nitrogens with zero attached hydrogens (tertiary/aromatic N) is 2. The second-order valence-corrected chi connectivity index (χ2v) is 9.51. The highest BCUT2D eigenvalue weighted by atomic mass is 19.1. The molecule has 7 nitrogen and oxygen atoms in total. The maximum Gasteiger partial charge on any atom is 0.341 e. The van der Waals surface area contributed by atoms with Gasteiger partial charge < -0.3 is 25.2 Å². The van der Waals surface area contributed by atoms with E-state index in [1.54, 1.807) is 6.07 Å². The van der Waals surface area contributed by atoms with Crippen LogP contribution in [0.3, 0.4) is 0 Å². The van der Waals surface area contributed by atoms with Gasteiger partial charge in [-0.25, -0.2) is 9.18 Å². The van der Waals surface area contributed by atoms with Gasteiger partial charge in [0.25, 0.3) is 0 Å². The van der Waals surface area contributed by atoms with Crippen LogP contribution in [0.2, 0.25) is 0 Å². The Balaban J connectivity index is 1.73. The third kappa shape index (κ3) is 4.14. The number of rotatable bonds is 6. The molecule has 0 radical (unpaired) electrons. The van der Waals surface area contributed by atoms with E-state index in [1.807, 2.05) is 39.8 Å². The van der Waals surface area contributed by atoms with E-state index in [-0.39, 0.29) is 34.8 Å². The first-order valence-electron chi connectivity index (χ1n) is 11.8. The standard InChI is InChI=1S/C26H29FN4O3/c1-15-12-30(13-16(2)29-15)21-10-20-22(24(23(21)27)28-11-17-6-4-3-5-7-17)25(32)19(26(33)34)14-31(20)18-8-9-18/h3-7,10,14-16,18,28-29H,8-9,11-13H2,1-2H3,(H,33,34)/t15-,16+.